The molecule has 4 heteroatoms. The maximum Gasteiger partial charge on any atom is 0.376 e. The highest BCUT2D eigenvalue weighted by molar-refractivity contribution is 6.45. The van der Waals surface area contributed by atoms with Crippen LogP contribution in [0.5, 0.6) is 0 Å². The van der Waals surface area contributed by atoms with E-state index < -0.39 is 0 Å². The first kappa shape index (κ1) is 12.5. The van der Waals surface area contributed by atoms with E-state index in [0.717, 1.165) is 18.8 Å². The van der Waals surface area contributed by atoms with Crippen LogP contribution in [0.15, 0.2) is 24.3 Å². The van der Waals surface area contributed by atoms with Gasteiger partial charge >= 0.3 is 7.05 Å². The van der Waals surface area contributed by atoms with Gasteiger partial charge in [0, 0.05) is 18.3 Å². The molecule has 1 aliphatic heterocycles. The lowest BCUT2D eigenvalue weighted by Crippen LogP contribution is -2.43. The number of aryl methyl sites for hydroxylation is 1. The van der Waals surface area contributed by atoms with Crippen LogP contribution in [0, 0.1) is 6.92 Å². The Morgan fingerprint density at radius 2 is 2.12 bits per heavy atom. The van der Waals surface area contributed by atoms with E-state index >= 15 is 0 Å². The van der Waals surface area contributed by atoms with Gasteiger partial charge in [-0.15, -0.1) is 0 Å². The van der Waals surface area contributed by atoms with Crippen molar-refractivity contribution in [1.29, 1.82) is 0 Å². The van der Waals surface area contributed by atoms with Gasteiger partial charge in [-0.05, 0) is 45.3 Å². The summed E-state index contributed by atoms with van der Waals surface area (Å²) in [5, 5.41) is 13.1. The minimum atomic E-state index is -0.331. The maximum absolute atomic E-state index is 9.65. The molecule has 3 nitrogen and oxygen atoms in total. The molecule has 0 radical (unpaired) electrons. The van der Waals surface area contributed by atoms with E-state index in [9.17, 15) is 5.02 Å². The summed E-state index contributed by atoms with van der Waals surface area (Å²) in [4.78, 5) is 2.17. The average Bonchev–Trinajstić information content (AvgIpc) is 2.76. The van der Waals surface area contributed by atoms with Gasteiger partial charge in [-0.25, -0.2) is 0 Å². The standard InChI is InChI=1S/C13H21BN2O/c1-11-5-7-12(8-6-11)15-10-13-4-3-9-16(13)14(2)17/h5-8,13,15,17H,3-4,9-10H2,1-2H3. The fraction of sp³-hybridized carbons (Fsp3) is 0.538. The van der Waals surface area contributed by atoms with Gasteiger partial charge in [0.2, 0.25) is 0 Å². The molecule has 17 heavy (non-hydrogen) atoms. The number of hydrogen-bond donors (Lipinski definition) is 2. The Kier molecular flexibility index (Phi) is 4.08. The summed E-state index contributed by atoms with van der Waals surface area (Å²) in [6.45, 7) is 5.87. The van der Waals surface area contributed by atoms with Crippen molar-refractivity contribution in [3.8, 4) is 0 Å². The highest BCUT2D eigenvalue weighted by Crippen LogP contribution is 2.18. The fourth-order valence-electron chi connectivity index (χ4n) is 2.48. The minimum Gasteiger partial charge on any atom is -0.437 e. The predicted octanol–water partition coefficient (Wildman–Crippen LogP) is 1.98. The van der Waals surface area contributed by atoms with E-state index in [-0.39, 0.29) is 7.05 Å². The Morgan fingerprint density at radius 1 is 1.41 bits per heavy atom. The van der Waals surface area contributed by atoms with Crippen LogP contribution >= 0.6 is 0 Å². The summed E-state index contributed by atoms with van der Waals surface area (Å²) in [6.07, 6.45) is 2.36. The first-order valence-corrected chi connectivity index (χ1v) is 6.41. The number of benzene rings is 1. The van der Waals surface area contributed by atoms with Crippen molar-refractivity contribution >= 4 is 12.7 Å². The van der Waals surface area contributed by atoms with Gasteiger partial charge in [0.1, 0.15) is 0 Å². The van der Waals surface area contributed by atoms with Crippen LogP contribution in [0.4, 0.5) is 5.69 Å². The second kappa shape index (κ2) is 5.56. The van der Waals surface area contributed by atoms with Gasteiger partial charge in [-0.2, -0.15) is 0 Å². The summed E-state index contributed by atoms with van der Waals surface area (Å²) in [7, 11) is -0.331. The molecule has 0 aromatic heterocycles. The molecule has 0 spiro atoms. The summed E-state index contributed by atoms with van der Waals surface area (Å²) in [5.41, 5.74) is 2.44. The zero-order chi connectivity index (χ0) is 12.3. The van der Waals surface area contributed by atoms with Gasteiger partial charge in [0.15, 0.2) is 0 Å². The van der Waals surface area contributed by atoms with Crippen molar-refractivity contribution in [2.45, 2.75) is 32.6 Å². The van der Waals surface area contributed by atoms with E-state index in [1.165, 1.54) is 18.4 Å². The molecule has 92 valence electrons. The van der Waals surface area contributed by atoms with Crippen LogP contribution in [0.3, 0.4) is 0 Å². The van der Waals surface area contributed by atoms with Gasteiger partial charge < -0.3 is 15.2 Å². The maximum atomic E-state index is 9.65. The Labute approximate surface area is 104 Å². The molecule has 0 saturated carbocycles. The summed E-state index contributed by atoms with van der Waals surface area (Å²) in [5.74, 6) is 0. The molecule has 1 fully saturated rings. The van der Waals surface area contributed by atoms with Crippen LogP contribution in [0.1, 0.15) is 18.4 Å². The van der Waals surface area contributed by atoms with Gasteiger partial charge in [0.05, 0.1) is 0 Å². The highest BCUT2D eigenvalue weighted by Gasteiger charge is 2.29. The number of hydrogen-bond acceptors (Lipinski definition) is 3. The minimum absolute atomic E-state index is 0.331. The SMILES string of the molecule is CB(O)N1CCCC1CNc1ccc(C)cc1. The lowest BCUT2D eigenvalue weighted by molar-refractivity contribution is 0.354. The van der Waals surface area contributed by atoms with Crippen LogP contribution in [-0.2, 0) is 0 Å². The van der Waals surface area contributed by atoms with Gasteiger partial charge in [-0.1, -0.05) is 17.7 Å². The predicted molar refractivity (Wildman–Crippen MR) is 73.2 cm³/mol. The number of nitrogens with one attached hydrogen (secondary N) is 1. The largest absolute Gasteiger partial charge is 0.437 e. The zero-order valence-corrected chi connectivity index (χ0v) is 10.7. The molecule has 1 unspecified atom stereocenters. The number of nitrogens with zero attached hydrogens (tertiary/aromatic N) is 1. The molecule has 2 rings (SSSR count). The molecule has 0 aliphatic carbocycles. The molecule has 1 saturated heterocycles. The van der Waals surface area contributed by atoms with Crippen molar-refractivity contribution in [3.05, 3.63) is 29.8 Å². The van der Waals surface area contributed by atoms with Gasteiger partial charge in [0.25, 0.3) is 0 Å². The van der Waals surface area contributed by atoms with Gasteiger partial charge in [-0.3, -0.25) is 0 Å². The Bertz CT molecular complexity index is 353. The Hall–Kier alpha value is -0.995. The Morgan fingerprint density at radius 3 is 2.76 bits per heavy atom. The molecule has 2 N–H and O–H groups in total. The molecule has 0 amide bonds. The third-order valence-electron chi connectivity index (χ3n) is 3.50. The molecular weight excluding hydrogens is 211 g/mol. The second-order valence-electron chi connectivity index (χ2n) is 4.91. The highest BCUT2D eigenvalue weighted by atomic mass is 16.2. The van der Waals surface area contributed by atoms with Crippen LogP contribution < -0.4 is 5.32 Å². The molecule has 1 atom stereocenters. The molecule has 1 aromatic rings. The molecule has 1 heterocycles. The van der Waals surface area contributed by atoms with Crippen LogP contribution in [0.25, 0.3) is 0 Å². The number of anilines is 1. The fourth-order valence-corrected chi connectivity index (χ4v) is 2.48. The van der Waals surface area contributed by atoms with Crippen LogP contribution in [0.2, 0.25) is 6.82 Å². The van der Waals surface area contributed by atoms with Crippen molar-refractivity contribution in [1.82, 2.24) is 4.81 Å². The Balaban J connectivity index is 1.87. The molecule has 0 bridgehead atoms. The summed E-state index contributed by atoms with van der Waals surface area (Å²) >= 11 is 0. The topological polar surface area (TPSA) is 35.5 Å². The van der Waals surface area contributed by atoms with Crippen molar-refractivity contribution in [2.75, 3.05) is 18.4 Å². The third kappa shape index (κ3) is 3.24. The first-order valence-electron chi connectivity index (χ1n) is 6.41. The normalized spacial score (nSPS) is 20.5. The van der Waals surface area contributed by atoms with Crippen LogP contribution in [-0.4, -0.2) is 36.0 Å². The monoisotopic (exact) mass is 232 g/mol. The third-order valence-corrected chi connectivity index (χ3v) is 3.50. The summed E-state index contributed by atoms with van der Waals surface area (Å²) in [6, 6.07) is 8.90. The average molecular weight is 232 g/mol. The van der Waals surface area contributed by atoms with Crippen molar-refractivity contribution in [2.24, 2.45) is 0 Å². The molecule has 1 aliphatic rings. The van der Waals surface area contributed by atoms with E-state index in [0.29, 0.717) is 6.04 Å². The van der Waals surface area contributed by atoms with Crippen molar-refractivity contribution in [3.63, 3.8) is 0 Å². The van der Waals surface area contributed by atoms with E-state index in [1.807, 2.05) is 6.82 Å². The lowest BCUT2D eigenvalue weighted by Gasteiger charge is -2.25. The quantitative estimate of drug-likeness (QED) is 0.779. The lowest BCUT2D eigenvalue weighted by atomic mass is 9.84. The zero-order valence-electron chi connectivity index (χ0n) is 10.7. The smallest absolute Gasteiger partial charge is 0.376 e. The summed E-state index contributed by atoms with van der Waals surface area (Å²) < 4.78 is 0. The molecular formula is C13H21BN2O. The molecule has 1 aromatic carbocycles. The number of rotatable bonds is 4. The first-order chi connectivity index (χ1) is 8.16. The van der Waals surface area contributed by atoms with E-state index in [4.69, 9.17) is 0 Å². The van der Waals surface area contributed by atoms with E-state index in [2.05, 4.69) is 41.3 Å². The second-order valence-corrected chi connectivity index (χ2v) is 4.91. The van der Waals surface area contributed by atoms with E-state index in [1.54, 1.807) is 0 Å². The van der Waals surface area contributed by atoms with Crippen molar-refractivity contribution < 1.29 is 5.02 Å².